The van der Waals surface area contributed by atoms with Crippen molar-refractivity contribution in [3.05, 3.63) is 132 Å². The third-order valence-electron chi connectivity index (χ3n) is 12.6. The summed E-state index contributed by atoms with van der Waals surface area (Å²) in [6.07, 6.45) is 9.27. The number of carbonyl (C=O) groups is 1. The molecule has 0 spiro atoms. The van der Waals surface area contributed by atoms with E-state index >= 15 is 0 Å². The molecule has 0 radical (unpaired) electrons. The summed E-state index contributed by atoms with van der Waals surface area (Å²) in [6.45, 7) is 10.4. The number of nitrogens with zero attached hydrogens (tertiary/aromatic N) is 2. The van der Waals surface area contributed by atoms with Crippen molar-refractivity contribution in [1.82, 2.24) is 4.90 Å². The van der Waals surface area contributed by atoms with Crippen LogP contribution in [0.5, 0.6) is 23.0 Å². The van der Waals surface area contributed by atoms with Crippen LogP contribution < -0.4 is 14.2 Å². The molecular weight excluding hydrogens is 793 g/mol. The second kappa shape index (κ2) is 20.4. The van der Waals surface area contributed by atoms with Crippen LogP contribution in [-0.2, 0) is 20.8 Å². The van der Waals surface area contributed by atoms with Crippen LogP contribution in [0, 0.1) is 17.8 Å². The molecular formula is C53H64N2O8. The summed E-state index contributed by atoms with van der Waals surface area (Å²) >= 11 is 0. The van der Waals surface area contributed by atoms with Gasteiger partial charge in [0.2, 0.25) is 11.7 Å². The zero-order chi connectivity index (χ0) is 44.6. The number of likely N-dealkylation sites (N-methyl/N-ethyl adjacent to an activating group) is 1. The number of oxime groups is 1. The quantitative estimate of drug-likeness (QED) is 0.0544. The second-order valence-electron chi connectivity index (χ2n) is 18.0. The van der Waals surface area contributed by atoms with Crippen LogP contribution in [0.3, 0.4) is 0 Å². The molecule has 1 aliphatic heterocycles. The molecule has 1 fully saturated rings. The van der Waals surface area contributed by atoms with Crippen molar-refractivity contribution in [2.75, 3.05) is 34.0 Å². The molecule has 0 bridgehead atoms. The fourth-order valence-corrected chi connectivity index (χ4v) is 9.72. The molecule has 2 aliphatic carbocycles. The first-order chi connectivity index (χ1) is 30.5. The van der Waals surface area contributed by atoms with Crippen LogP contribution in [0.15, 0.2) is 127 Å². The summed E-state index contributed by atoms with van der Waals surface area (Å²) in [5.74, 6) is 0.865. The highest BCUT2D eigenvalue weighted by atomic mass is 16.7. The van der Waals surface area contributed by atoms with Crippen molar-refractivity contribution in [3.8, 4) is 34.1 Å². The van der Waals surface area contributed by atoms with Crippen molar-refractivity contribution < 1.29 is 38.8 Å². The van der Waals surface area contributed by atoms with Gasteiger partial charge in [0.15, 0.2) is 0 Å². The third kappa shape index (κ3) is 10.4. The molecule has 3 aliphatic rings. The fraction of sp³-hybridized carbons (Fsp3) is 0.434. The maximum Gasteiger partial charge on any atom is 0.239 e. The first-order valence-electron chi connectivity index (χ1n) is 22.5. The number of ether oxygens (including phenoxy) is 4. The van der Waals surface area contributed by atoms with E-state index in [4.69, 9.17) is 28.9 Å². The first kappa shape index (κ1) is 45.6. The average Bonchev–Trinajstić information content (AvgIpc) is 3.29. The Hall–Kier alpha value is -5.42. The Labute approximate surface area is 373 Å². The van der Waals surface area contributed by atoms with E-state index in [1.54, 1.807) is 18.1 Å². The Balaban J connectivity index is 1.38. The third-order valence-corrected chi connectivity index (χ3v) is 12.6. The number of carbonyl (C=O) groups excluding carboxylic acids is 1. The zero-order valence-electron chi connectivity index (χ0n) is 37.5. The maximum atomic E-state index is 14.6. The molecule has 63 heavy (non-hydrogen) atoms. The van der Waals surface area contributed by atoms with Crippen molar-refractivity contribution in [1.29, 1.82) is 0 Å². The molecule has 6 atom stereocenters. The van der Waals surface area contributed by atoms with E-state index in [1.807, 2.05) is 94.5 Å². The summed E-state index contributed by atoms with van der Waals surface area (Å²) in [5.41, 5.74) is 5.22. The molecule has 334 valence electrons. The molecule has 1 saturated carbocycles. The van der Waals surface area contributed by atoms with Gasteiger partial charge in [-0.3, -0.25) is 4.79 Å². The van der Waals surface area contributed by atoms with Crippen LogP contribution in [0.25, 0.3) is 11.1 Å². The van der Waals surface area contributed by atoms with Crippen LogP contribution >= 0.6 is 0 Å². The van der Waals surface area contributed by atoms with Crippen molar-refractivity contribution in [3.63, 3.8) is 0 Å². The number of rotatable bonds is 19. The number of unbranched alkanes of at least 4 members (excludes halogenated alkanes) is 2. The highest BCUT2D eigenvalue weighted by molar-refractivity contribution is 6.03. The monoisotopic (exact) mass is 856 g/mol. The minimum absolute atomic E-state index is 0.0834. The van der Waals surface area contributed by atoms with Gasteiger partial charge in [-0.05, 0) is 123 Å². The molecule has 7 rings (SSSR count). The predicted molar refractivity (Wildman–Crippen MR) is 247 cm³/mol. The smallest absolute Gasteiger partial charge is 0.239 e. The van der Waals surface area contributed by atoms with E-state index in [0.717, 1.165) is 59.2 Å². The number of aliphatic hydroxyl groups excluding tert-OH is 2. The van der Waals surface area contributed by atoms with Gasteiger partial charge >= 0.3 is 0 Å². The van der Waals surface area contributed by atoms with Gasteiger partial charge in [-0.25, -0.2) is 0 Å². The number of allylic oxidation sites excluding steroid dienone is 1. The van der Waals surface area contributed by atoms with Gasteiger partial charge in [0.1, 0.15) is 34.6 Å². The first-order valence-corrected chi connectivity index (χ1v) is 22.5. The normalized spacial score (nSPS) is 23.1. The second-order valence-corrected chi connectivity index (χ2v) is 18.0. The Kier molecular flexibility index (Phi) is 14.8. The lowest BCUT2D eigenvalue weighted by Crippen LogP contribution is -2.69. The maximum absolute atomic E-state index is 14.6. The minimum atomic E-state index is -1.35. The summed E-state index contributed by atoms with van der Waals surface area (Å²) < 4.78 is 26.5. The van der Waals surface area contributed by atoms with Gasteiger partial charge in [-0.1, -0.05) is 84.7 Å². The van der Waals surface area contributed by atoms with Gasteiger partial charge in [-0.15, -0.1) is 6.58 Å². The fourth-order valence-electron chi connectivity index (χ4n) is 9.72. The molecule has 10 heteroatoms. The number of amides is 1. The highest BCUT2D eigenvalue weighted by Gasteiger charge is 2.65. The average molecular weight is 857 g/mol. The van der Waals surface area contributed by atoms with E-state index in [1.165, 1.54) is 0 Å². The van der Waals surface area contributed by atoms with E-state index < -0.39 is 23.3 Å². The van der Waals surface area contributed by atoms with Gasteiger partial charge in [0.25, 0.3) is 0 Å². The topological polar surface area (TPSA) is 119 Å². The zero-order valence-corrected chi connectivity index (χ0v) is 37.5. The molecule has 0 saturated heterocycles. The van der Waals surface area contributed by atoms with Gasteiger partial charge in [0, 0.05) is 38.2 Å². The number of fused-ring (bicyclic) bond motifs is 2. The standard InChI is InChI=1S/C53H64N2O8/c1-7-30-60-53-48(55(5)49(58)32-36-16-15-20-41(31-36)59-6)35-46(54-63-52(2,3)4)44-33-39(19-11-13-28-56)43(21-12-14-29-57)50(51(44)53)45-34-42(26-27-47(45)62-53)61-40-24-22-38(23-25-40)37-17-9-8-10-18-37/h7-10,15-18,20,22-27,31,33-34,39,43,48,50-51,56-57H,1,11-14,19,21,28-30,32,35H2,2-6H3/t39-,43+,48-,50+,51+,53+/m0/s1. The highest BCUT2D eigenvalue weighted by Crippen LogP contribution is 2.62. The number of aliphatic hydroxyl groups is 2. The van der Waals surface area contributed by atoms with Crippen molar-refractivity contribution in [2.24, 2.45) is 22.9 Å². The SMILES string of the molecule is C=CCO[C@@]12Oc3ccc(Oc4ccc(-c5ccccc5)cc4)cc3[C@H]3[C@H](CCCCO)[C@@H](CCCCO)C=C(C(=NOC(C)(C)C)C[C@@H]1N(C)C(=O)Cc1cccc(OC)c1)[C@H]32. The van der Waals surface area contributed by atoms with Crippen LogP contribution in [0.2, 0.25) is 0 Å². The minimum Gasteiger partial charge on any atom is -0.497 e. The van der Waals surface area contributed by atoms with E-state index in [2.05, 4.69) is 43.0 Å². The Morgan fingerprint density at radius 3 is 2.30 bits per heavy atom. The lowest BCUT2D eigenvalue weighted by molar-refractivity contribution is -0.255. The molecule has 0 aromatic heterocycles. The number of hydrogen-bond acceptors (Lipinski definition) is 9. The molecule has 4 aromatic carbocycles. The Morgan fingerprint density at radius 2 is 1.60 bits per heavy atom. The number of methoxy groups -OCH3 is 1. The number of hydrogen-bond donors (Lipinski definition) is 2. The van der Waals surface area contributed by atoms with Crippen molar-refractivity contribution >= 4 is 11.6 Å². The van der Waals surface area contributed by atoms with Gasteiger partial charge in [0.05, 0.1) is 31.8 Å². The largest absolute Gasteiger partial charge is 0.497 e. The lowest BCUT2D eigenvalue weighted by Gasteiger charge is -2.59. The summed E-state index contributed by atoms with van der Waals surface area (Å²) in [7, 11) is 3.45. The molecule has 2 N–H and O–H groups in total. The van der Waals surface area contributed by atoms with E-state index in [9.17, 15) is 15.0 Å². The molecule has 0 unspecified atom stereocenters. The van der Waals surface area contributed by atoms with E-state index in [-0.39, 0.29) is 49.9 Å². The predicted octanol–water partition coefficient (Wildman–Crippen LogP) is 10.3. The van der Waals surface area contributed by atoms with Crippen LogP contribution in [-0.4, -0.2) is 78.1 Å². The van der Waals surface area contributed by atoms with Gasteiger partial charge in [-0.2, -0.15) is 0 Å². The summed E-state index contributed by atoms with van der Waals surface area (Å²) in [5, 5.41) is 24.8. The molecule has 1 heterocycles. The van der Waals surface area contributed by atoms with Crippen molar-refractivity contribution in [2.45, 2.75) is 95.5 Å². The summed E-state index contributed by atoms with van der Waals surface area (Å²) in [4.78, 5) is 22.6. The Morgan fingerprint density at radius 1 is 0.889 bits per heavy atom. The molecule has 4 aromatic rings. The number of benzene rings is 4. The lowest BCUT2D eigenvalue weighted by atomic mass is 9.55. The Bertz CT molecular complexity index is 2230. The molecule has 10 nitrogen and oxygen atoms in total. The van der Waals surface area contributed by atoms with Crippen LogP contribution in [0.4, 0.5) is 0 Å². The summed E-state index contributed by atoms with van der Waals surface area (Å²) in [6, 6.07) is 31.3. The van der Waals surface area contributed by atoms with Crippen LogP contribution in [0.1, 0.15) is 82.8 Å². The molecule has 1 amide bonds. The van der Waals surface area contributed by atoms with E-state index in [0.29, 0.717) is 42.3 Å². The van der Waals surface area contributed by atoms with Gasteiger partial charge < -0.3 is 38.9 Å².